The Labute approximate surface area is 103 Å². The van der Waals surface area contributed by atoms with Crippen LogP contribution in [-0.2, 0) is 9.59 Å². The van der Waals surface area contributed by atoms with Crippen LogP contribution in [0.4, 0.5) is 0 Å². The van der Waals surface area contributed by atoms with E-state index in [0.29, 0.717) is 13.1 Å². The SMILES string of the molecule is CC(=O)N(I)C1CCN(C(=O)CO)CC1. The summed E-state index contributed by atoms with van der Waals surface area (Å²) in [6, 6.07) is 0.214. The summed E-state index contributed by atoms with van der Waals surface area (Å²) in [7, 11) is 0. The summed E-state index contributed by atoms with van der Waals surface area (Å²) in [5.74, 6) is -0.182. The van der Waals surface area contributed by atoms with Gasteiger partial charge < -0.3 is 10.0 Å². The van der Waals surface area contributed by atoms with E-state index >= 15 is 0 Å². The molecule has 0 aromatic heterocycles. The zero-order chi connectivity index (χ0) is 11.4. The third kappa shape index (κ3) is 3.30. The van der Waals surface area contributed by atoms with Gasteiger partial charge in [0.1, 0.15) is 6.61 Å². The van der Waals surface area contributed by atoms with E-state index in [1.54, 1.807) is 8.01 Å². The van der Waals surface area contributed by atoms with E-state index in [1.165, 1.54) is 6.92 Å². The molecule has 86 valence electrons. The number of rotatable bonds is 2. The van der Waals surface area contributed by atoms with E-state index < -0.39 is 6.61 Å². The number of piperidine rings is 1. The highest BCUT2D eigenvalue weighted by molar-refractivity contribution is 14.1. The van der Waals surface area contributed by atoms with Gasteiger partial charge >= 0.3 is 0 Å². The van der Waals surface area contributed by atoms with Crippen LogP contribution < -0.4 is 0 Å². The molecule has 0 saturated carbocycles. The molecule has 0 aromatic carbocycles. The normalized spacial score (nSPS) is 17.7. The molecular formula is C9H15IN2O3. The van der Waals surface area contributed by atoms with Gasteiger partial charge in [-0.25, -0.2) is 0 Å². The van der Waals surface area contributed by atoms with Crippen molar-refractivity contribution >= 4 is 34.7 Å². The smallest absolute Gasteiger partial charge is 0.248 e. The van der Waals surface area contributed by atoms with Gasteiger partial charge in [0.15, 0.2) is 0 Å². The first-order valence-electron chi connectivity index (χ1n) is 4.90. The van der Waals surface area contributed by atoms with Gasteiger partial charge in [0.25, 0.3) is 0 Å². The first kappa shape index (κ1) is 12.7. The fourth-order valence-corrected chi connectivity index (χ4v) is 2.26. The number of carbonyl (C=O) groups excluding carboxylic acids is 2. The average molecular weight is 326 g/mol. The van der Waals surface area contributed by atoms with Gasteiger partial charge in [-0.3, -0.25) is 12.7 Å². The zero-order valence-corrected chi connectivity index (χ0v) is 10.8. The van der Waals surface area contributed by atoms with E-state index in [9.17, 15) is 9.59 Å². The molecule has 1 N–H and O–H groups in total. The Bertz CT molecular complexity index is 252. The van der Waals surface area contributed by atoms with E-state index in [-0.39, 0.29) is 17.9 Å². The summed E-state index contributed by atoms with van der Waals surface area (Å²) in [6.07, 6.45) is 1.57. The summed E-state index contributed by atoms with van der Waals surface area (Å²) in [5.41, 5.74) is 0. The highest BCUT2D eigenvalue weighted by Gasteiger charge is 2.26. The zero-order valence-electron chi connectivity index (χ0n) is 8.65. The largest absolute Gasteiger partial charge is 0.387 e. The summed E-state index contributed by atoms with van der Waals surface area (Å²) in [5, 5.41) is 8.69. The van der Waals surface area contributed by atoms with Crippen molar-refractivity contribution in [1.29, 1.82) is 0 Å². The Hall–Kier alpha value is -0.370. The van der Waals surface area contributed by atoms with Crippen molar-refractivity contribution in [2.24, 2.45) is 0 Å². The molecule has 0 bridgehead atoms. The van der Waals surface area contributed by atoms with Crippen LogP contribution in [0.25, 0.3) is 0 Å². The number of likely N-dealkylation sites (tertiary alicyclic amines) is 1. The third-order valence-electron chi connectivity index (χ3n) is 2.57. The minimum absolute atomic E-state index is 0.0440. The molecule has 0 radical (unpaired) electrons. The highest BCUT2D eigenvalue weighted by Crippen LogP contribution is 2.19. The third-order valence-corrected chi connectivity index (χ3v) is 4.04. The molecule has 1 rings (SSSR count). The number of aliphatic hydroxyl groups excluding tert-OH is 1. The van der Waals surface area contributed by atoms with Crippen molar-refractivity contribution in [2.75, 3.05) is 19.7 Å². The lowest BCUT2D eigenvalue weighted by molar-refractivity contribution is -0.135. The van der Waals surface area contributed by atoms with Crippen LogP contribution in [-0.4, -0.2) is 50.7 Å². The second kappa shape index (κ2) is 5.64. The summed E-state index contributed by atoms with van der Waals surface area (Å²) < 4.78 is 1.69. The monoisotopic (exact) mass is 326 g/mol. The average Bonchev–Trinajstić information content (AvgIpc) is 2.27. The Balaban J connectivity index is 2.42. The molecule has 15 heavy (non-hydrogen) atoms. The minimum atomic E-state index is -0.425. The van der Waals surface area contributed by atoms with Crippen LogP contribution in [0.3, 0.4) is 0 Å². The molecule has 0 aromatic rings. The standard InChI is InChI=1S/C9H15IN2O3/c1-7(14)12(10)8-2-4-11(5-3-8)9(15)6-13/h8,13H,2-6H2,1H3. The maximum Gasteiger partial charge on any atom is 0.248 e. The predicted molar refractivity (Wildman–Crippen MR) is 63.2 cm³/mol. The van der Waals surface area contributed by atoms with Crippen LogP contribution in [0.2, 0.25) is 0 Å². The maximum atomic E-state index is 11.2. The van der Waals surface area contributed by atoms with Crippen LogP contribution in [0.1, 0.15) is 19.8 Å². The van der Waals surface area contributed by atoms with E-state index in [1.807, 2.05) is 22.9 Å². The highest BCUT2D eigenvalue weighted by atomic mass is 127. The van der Waals surface area contributed by atoms with Crippen molar-refractivity contribution in [3.63, 3.8) is 0 Å². The number of amides is 2. The summed E-state index contributed by atoms with van der Waals surface area (Å²) in [6.45, 7) is 2.36. The molecule has 0 atom stereocenters. The van der Waals surface area contributed by atoms with Crippen molar-refractivity contribution < 1.29 is 14.7 Å². The number of aliphatic hydroxyl groups is 1. The van der Waals surface area contributed by atoms with Crippen LogP contribution in [0.15, 0.2) is 0 Å². The Morgan fingerprint density at radius 1 is 1.47 bits per heavy atom. The quantitative estimate of drug-likeness (QED) is 0.581. The molecule has 6 heteroatoms. The van der Waals surface area contributed by atoms with Crippen molar-refractivity contribution in [3.05, 3.63) is 0 Å². The summed E-state index contributed by atoms with van der Waals surface area (Å²) >= 11 is 2.02. The Kier molecular flexibility index (Phi) is 4.78. The minimum Gasteiger partial charge on any atom is -0.387 e. The van der Waals surface area contributed by atoms with Crippen molar-refractivity contribution in [3.8, 4) is 0 Å². The fourth-order valence-electron chi connectivity index (χ4n) is 1.70. The van der Waals surface area contributed by atoms with Gasteiger partial charge in [0.2, 0.25) is 11.8 Å². The van der Waals surface area contributed by atoms with Gasteiger partial charge in [0, 0.05) is 26.1 Å². The van der Waals surface area contributed by atoms with Crippen molar-refractivity contribution in [2.45, 2.75) is 25.8 Å². The maximum absolute atomic E-state index is 11.2. The second-order valence-corrected chi connectivity index (χ2v) is 4.64. The van der Waals surface area contributed by atoms with Gasteiger partial charge in [0.05, 0.1) is 22.9 Å². The lowest BCUT2D eigenvalue weighted by atomic mass is 10.1. The van der Waals surface area contributed by atoms with Gasteiger partial charge in [-0.2, -0.15) is 0 Å². The Morgan fingerprint density at radius 3 is 2.40 bits per heavy atom. The molecule has 1 fully saturated rings. The molecule has 1 heterocycles. The second-order valence-electron chi connectivity index (χ2n) is 3.60. The fraction of sp³-hybridized carbons (Fsp3) is 0.778. The molecule has 1 saturated heterocycles. The predicted octanol–water partition coefficient (Wildman–Crippen LogP) is 0.168. The Morgan fingerprint density at radius 2 is 2.00 bits per heavy atom. The van der Waals surface area contributed by atoms with Gasteiger partial charge in [-0.15, -0.1) is 0 Å². The molecule has 2 amide bonds. The molecule has 5 nitrogen and oxygen atoms in total. The van der Waals surface area contributed by atoms with Gasteiger partial charge in [-0.1, -0.05) is 0 Å². The molecule has 0 unspecified atom stereocenters. The van der Waals surface area contributed by atoms with E-state index in [4.69, 9.17) is 5.11 Å². The molecular weight excluding hydrogens is 311 g/mol. The molecule has 1 aliphatic rings. The molecule has 0 aliphatic carbocycles. The van der Waals surface area contributed by atoms with Gasteiger partial charge in [-0.05, 0) is 12.8 Å². The molecule has 0 spiro atoms. The lowest BCUT2D eigenvalue weighted by Gasteiger charge is -2.34. The first-order chi connectivity index (χ1) is 7.06. The number of carbonyl (C=O) groups is 2. The number of hydrogen-bond acceptors (Lipinski definition) is 3. The number of nitrogens with zero attached hydrogens (tertiary/aromatic N) is 2. The van der Waals surface area contributed by atoms with Crippen LogP contribution >= 0.6 is 22.9 Å². The summed E-state index contributed by atoms with van der Waals surface area (Å²) in [4.78, 5) is 23.9. The van der Waals surface area contributed by atoms with E-state index in [2.05, 4.69) is 0 Å². The van der Waals surface area contributed by atoms with E-state index in [0.717, 1.165) is 12.8 Å². The molecule has 1 aliphatic heterocycles. The topological polar surface area (TPSA) is 60.9 Å². The lowest BCUT2D eigenvalue weighted by Crippen LogP contribution is -2.45. The number of hydrogen-bond donors (Lipinski definition) is 1. The van der Waals surface area contributed by atoms with Crippen LogP contribution in [0.5, 0.6) is 0 Å². The van der Waals surface area contributed by atoms with Crippen molar-refractivity contribution in [1.82, 2.24) is 8.01 Å². The number of halogens is 1. The first-order valence-corrected chi connectivity index (χ1v) is 5.87. The van der Waals surface area contributed by atoms with Crippen LogP contribution in [0, 0.1) is 0 Å².